The number of carboxylic acids is 2. The van der Waals surface area contributed by atoms with E-state index in [0.29, 0.717) is 0 Å². The van der Waals surface area contributed by atoms with Gasteiger partial charge in [-0.1, -0.05) is 25.0 Å². The summed E-state index contributed by atoms with van der Waals surface area (Å²) >= 11 is 0. The zero-order valence-electron chi connectivity index (χ0n) is 13.4. The Hall–Kier alpha value is -2.05. The van der Waals surface area contributed by atoms with E-state index in [1.807, 2.05) is 0 Å². The highest BCUT2D eigenvalue weighted by atomic mass is 32.2. The third-order valence-electron chi connectivity index (χ3n) is 2.45. The molecule has 0 fully saturated rings. The molecule has 25 heavy (non-hydrogen) atoms. The first-order chi connectivity index (χ1) is 11.5. The molecule has 144 valence electrons. The Morgan fingerprint density at radius 2 is 1.12 bits per heavy atom. The molecule has 0 spiro atoms. The second kappa shape index (κ2) is 14.3. The van der Waals surface area contributed by atoms with Crippen molar-refractivity contribution in [3.63, 3.8) is 0 Å². The van der Waals surface area contributed by atoms with Crippen molar-refractivity contribution in [2.24, 2.45) is 5.14 Å². The maximum atomic E-state index is 10.5. The van der Waals surface area contributed by atoms with Gasteiger partial charge in [-0.25, -0.2) is 14.7 Å². The van der Waals surface area contributed by atoms with Crippen LogP contribution in [-0.2, 0) is 10.3 Å². The second-order valence-electron chi connectivity index (χ2n) is 4.53. The third-order valence-corrected chi connectivity index (χ3v) is 2.45. The molecule has 0 atom stereocenters. The van der Waals surface area contributed by atoms with Gasteiger partial charge in [0.05, 0.1) is 11.1 Å². The quantitative estimate of drug-likeness (QED) is 0.285. The van der Waals surface area contributed by atoms with Crippen molar-refractivity contribution in [3.05, 3.63) is 35.4 Å². The van der Waals surface area contributed by atoms with E-state index in [0.717, 1.165) is 25.7 Å². The van der Waals surface area contributed by atoms with Crippen molar-refractivity contribution < 1.29 is 43.0 Å². The van der Waals surface area contributed by atoms with Crippen LogP contribution in [0, 0.1) is 0 Å². The Labute approximate surface area is 145 Å². The van der Waals surface area contributed by atoms with Gasteiger partial charge in [-0.05, 0) is 25.0 Å². The van der Waals surface area contributed by atoms with E-state index in [1.54, 1.807) is 0 Å². The van der Waals surface area contributed by atoms with E-state index >= 15 is 0 Å². The predicted octanol–water partition coefficient (Wildman–Crippen LogP) is 0.362. The molecule has 0 aromatic heterocycles. The lowest BCUT2D eigenvalue weighted by atomic mass is 10.1. The molecule has 0 heterocycles. The summed E-state index contributed by atoms with van der Waals surface area (Å²) in [7, 11) is -4.17. The molecular weight excluding hydrogens is 358 g/mol. The summed E-state index contributed by atoms with van der Waals surface area (Å²) in [4.78, 5) is 20.9. The molecule has 0 aliphatic rings. The normalized spacial score (nSPS) is 9.92. The second-order valence-corrected chi connectivity index (χ2v) is 5.56. The molecule has 0 aliphatic heterocycles. The van der Waals surface area contributed by atoms with Crippen molar-refractivity contribution in [1.29, 1.82) is 0 Å². The topological polar surface area (TPSA) is 195 Å². The number of carbonyl (C=O) groups is 2. The number of rotatable bonds is 7. The summed E-state index contributed by atoms with van der Waals surface area (Å²) < 4.78 is 25.2. The molecule has 0 radical (unpaired) electrons. The van der Waals surface area contributed by atoms with Gasteiger partial charge < -0.3 is 20.4 Å². The predicted molar refractivity (Wildman–Crippen MR) is 88.7 cm³/mol. The first kappa shape index (κ1) is 25.2. The molecule has 0 bridgehead atoms. The van der Waals surface area contributed by atoms with Crippen LogP contribution in [0.5, 0.6) is 0 Å². The molecule has 0 amide bonds. The number of aliphatic hydroxyl groups is 2. The lowest BCUT2D eigenvalue weighted by Crippen LogP contribution is -2.08. The van der Waals surface area contributed by atoms with Crippen molar-refractivity contribution in [1.82, 2.24) is 0 Å². The first-order valence-corrected chi connectivity index (χ1v) is 8.57. The largest absolute Gasteiger partial charge is 0.478 e. The summed E-state index contributed by atoms with van der Waals surface area (Å²) in [5.41, 5.74) is -0.380. The van der Waals surface area contributed by atoms with Crippen molar-refractivity contribution >= 4 is 22.2 Å². The fourth-order valence-corrected chi connectivity index (χ4v) is 1.43. The zero-order chi connectivity index (χ0) is 19.9. The van der Waals surface area contributed by atoms with Crippen LogP contribution in [0.1, 0.15) is 46.4 Å². The van der Waals surface area contributed by atoms with E-state index < -0.39 is 22.2 Å². The van der Waals surface area contributed by atoms with Crippen LogP contribution in [0.3, 0.4) is 0 Å². The molecule has 10 nitrogen and oxygen atoms in total. The van der Waals surface area contributed by atoms with Gasteiger partial charge in [-0.15, -0.1) is 0 Å². The highest BCUT2D eigenvalue weighted by Crippen LogP contribution is 2.07. The molecule has 7 N–H and O–H groups in total. The van der Waals surface area contributed by atoms with Crippen LogP contribution in [0.15, 0.2) is 24.3 Å². The van der Waals surface area contributed by atoms with Crippen LogP contribution < -0.4 is 5.14 Å². The Morgan fingerprint density at radius 3 is 1.32 bits per heavy atom. The van der Waals surface area contributed by atoms with Crippen LogP contribution in [0.2, 0.25) is 0 Å². The molecule has 1 aromatic rings. The highest BCUT2D eigenvalue weighted by molar-refractivity contribution is 7.83. The molecule has 0 aliphatic carbocycles. The van der Waals surface area contributed by atoms with Crippen LogP contribution in [-0.4, -0.2) is 58.5 Å². The Morgan fingerprint density at radius 1 is 0.840 bits per heavy atom. The van der Waals surface area contributed by atoms with Crippen molar-refractivity contribution in [2.75, 3.05) is 13.2 Å². The number of unbranched alkanes of at least 4 members (excludes halogenated alkanes) is 3. The minimum Gasteiger partial charge on any atom is -0.478 e. The fourth-order valence-electron chi connectivity index (χ4n) is 1.43. The summed E-state index contributed by atoms with van der Waals surface area (Å²) in [5.74, 6) is -2.46. The highest BCUT2D eigenvalue weighted by Gasteiger charge is 2.13. The maximum Gasteiger partial charge on any atom is 0.336 e. The summed E-state index contributed by atoms with van der Waals surface area (Å²) in [5, 5.41) is 37.6. The Kier molecular flexibility index (Phi) is 14.4. The number of carboxylic acid groups (broad SMARTS) is 2. The van der Waals surface area contributed by atoms with Crippen LogP contribution in [0.4, 0.5) is 0 Å². The molecule has 0 unspecified atom stereocenters. The number of aromatic carboxylic acids is 2. The molecule has 1 rings (SSSR count). The Bertz CT molecular complexity index is 569. The van der Waals surface area contributed by atoms with E-state index in [1.165, 1.54) is 24.3 Å². The SMILES string of the molecule is NS(=O)(=O)O.O=C(O)c1ccccc1C(=O)O.OCCCCCCO. The molecular formula is C14H23NO9S. The number of benzene rings is 1. The smallest absolute Gasteiger partial charge is 0.336 e. The minimum absolute atomic E-state index is 0.190. The maximum absolute atomic E-state index is 10.5. The molecule has 11 heteroatoms. The standard InChI is InChI=1S/C8H6O4.C6H14O2.H3NO3S/c9-7(10)5-3-1-2-4-6(5)8(11)12;7-5-3-1-2-4-6-8;1-5(2,3)4/h1-4H,(H,9,10)(H,11,12);7-8H,1-6H2;(H3,1,2,3,4). The summed E-state index contributed by atoms with van der Waals surface area (Å²) in [6.07, 6.45) is 3.83. The van der Waals surface area contributed by atoms with Crippen molar-refractivity contribution in [3.8, 4) is 0 Å². The van der Waals surface area contributed by atoms with Gasteiger partial charge in [0.25, 0.3) is 0 Å². The first-order valence-electron chi connectivity index (χ1n) is 7.07. The van der Waals surface area contributed by atoms with Gasteiger partial charge in [0, 0.05) is 13.2 Å². The van der Waals surface area contributed by atoms with E-state index in [2.05, 4.69) is 5.14 Å². The van der Waals surface area contributed by atoms with Crippen LogP contribution >= 0.6 is 0 Å². The molecule has 0 saturated heterocycles. The van der Waals surface area contributed by atoms with E-state index in [4.69, 9.17) is 33.4 Å². The number of hydrogen-bond donors (Lipinski definition) is 6. The lowest BCUT2D eigenvalue weighted by molar-refractivity contribution is 0.0651. The number of hydrogen-bond acceptors (Lipinski definition) is 6. The number of aliphatic hydroxyl groups excluding tert-OH is 2. The minimum atomic E-state index is -4.17. The zero-order valence-corrected chi connectivity index (χ0v) is 14.2. The van der Waals surface area contributed by atoms with Gasteiger partial charge in [0.2, 0.25) is 0 Å². The van der Waals surface area contributed by atoms with Crippen molar-refractivity contribution in [2.45, 2.75) is 25.7 Å². The molecule has 1 aromatic carbocycles. The van der Waals surface area contributed by atoms with Gasteiger partial charge in [0.1, 0.15) is 0 Å². The van der Waals surface area contributed by atoms with E-state index in [9.17, 15) is 9.59 Å². The average molecular weight is 381 g/mol. The fraction of sp³-hybridized carbons (Fsp3) is 0.429. The average Bonchev–Trinajstić information content (AvgIpc) is 2.50. The van der Waals surface area contributed by atoms with Gasteiger partial charge in [-0.2, -0.15) is 8.42 Å². The summed E-state index contributed by atoms with van der Waals surface area (Å²) in [6, 6.07) is 5.48. The number of nitrogens with two attached hydrogens (primary N) is 1. The lowest BCUT2D eigenvalue weighted by Gasteiger charge is -1.98. The third kappa shape index (κ3) is 18.1. The van der Waals surface area contributed by atoms with E-state index in [-0.39, 0.29) is 24.3 Å². The monoisotopic (exact) mass is 381 g/mol. The molecule has 0 saturated carbocycles. The summed E-state index contributed by atoms with van der Waals surface area (Å²) in [6.45, 7) is 0.566. The van der Waals surface area contributed by atoms with Gasteiger partial charge >= 0.3 is 22.2 Å². The van der Waals surface area contributed by atoms with Crippen LogP contribution in [0.25, 0.3) is 0 Å². The van der Waals surface area contributed by atoms with Gasteiger partial charge in [0.15, 0.2) is 0 Å². The van der Waals surface area contributed by atoms with Gasteiger partial charge in [-0.3, -0.25) is 4.55 Å². The Balaban J connectivity index is 0.